The van der Waals surface area contributed by atoms with E-state index in [0.717, 1.165) is 23.4 Å². The predicted octanol–water partition coefficient (Wildman–Crippen LogP) is 1.92. The van der Waals surface area contributed by atoms with Gasteiger partial charge in [-0.2, -0.15) is 0 Å². The average molecular weight is 383 g/mol. The maximum absolute atomic E-state index is 12.7. The molecule has 25 heavy (non-hydrogen) atoms. The van der Waals surface area contributed by atoms with Crippen LogP contribution in [0, 0.1) is 0 Å². The van der Waals surface area contributed by atoms with Crippen molar-refractivity contribution in [2.75, 3.05) is 22.6 Å². The summed E-state index contributed by atoms with van der Waals surface area (Å²) < 4.78 is 23.5. The Kier molecular flexibility index (Phi) is 5.38. The number of nitrogens with one attached hydrogen (secondary N) is 1. The van der Waals surface area contributed by atoms with Gasteiger partial charge in [-0.15, -0.1) is 11.8 Å². The number of carbonyl (C=O) groups excluding carboxylic acids is 2. The van der Waals surface area contributed by atoms with E-state index >= 15 is 0 Å². The van der Waals surface area contributed by atoms with Crippen LogP contribution in [0.25, 0.3) is 0 Å². The molecule has 3 rings (SSSR count). The highest BCUT2D eigenvalue weighted by Crippen LogP contribution is 2.33. The Labute approximate surface area is 152 Å². The molecule has 0 bridgehead atoms. The van der Waals surface area contributed by atoms with E-state index in [1.54, 1.807) is 12.1 Å². The molecule has 0 radical (unpaired) electrons. The molecule has 1 heterocycles. The zero-order chi connectivity index (χ0) is 18.0. The largest absolute Gasteiger partial charge is 0.335 e. The number of amides is 2. The second-order valence-corrected chi connectivity index (χ2v) is 9.86. The van der Waals surface area contributed by atoms with Gasteiger partial charge < -0.3 is 10.2 Å². The summed E-state index contributed by atoms with van der Waals surface area (Å²) in [6.07, 6.45) is 2.50. The first-order valence-corrected chi connectivity index (χ1v) is 11.2. The van der Waals surface area contributed by atoms with Gasteiger partial charge in [0.15, 0.2) is 9.84 Å². The second kappa shape index (κ2) is 7.37. The normalized spacial score (nSPS) is 21.7. The lowest BCUT2D eigenvalue weighted by atomic mass is 10.2. The topological polar surface area (TPSA) is 83.6 Å². The van der Waals surface area contributed by atoms with E-state index in [1.165, 1.54) is 18.7 Å². The van der Waals surface area contributed by atoms with Gasteiger partial charge in [-0.25, -0.2) is 8.42 Å². The fraction of sp³-hybridized carbons (Fsp3) is 0.529. The van der Waals surface area contributed by atoms with Gasteiger partial charge in [-0.05, 0) is 43.5 Å². The van der Waals surface area contributed by atoms with Crippen molar-refractivity contribution in [2.45, 2.75) is 43.2 Å². The van der Waals surface area contributed by atoms with Crippen LogP contribution in [0.4, 0.5) is 5.69 Å². The highest BCUT2D eigenvalue weighted by molar-refractivity contribution is 8.00. The number of thioether (sulfide) groups is 1. The molecule has 1 aliphatic heterocycles. The zero-order valence-electron chi connectivity index (χ0n) is 14.1. The van der Waals surface area contributed by atoms with E-state index in [4.69, 9.17) is 0 Å². The van der Waals surface area contributed by atoms with E-state index in [-0.39, 0.29) is 35.4 Å². The molecule has 0 aromatic heterocycles. The summed E-state index contributed by atoms with van der Waals surface area (Å²) in [5.74, 6) is 0.478. The Morgan fingerprint density at radius 2 is 1.84 bits per heavy atom. The van der Waals surface area contributed by atoms with Crippen LogP contribution in [0.3, 0.4) is 0 Å². The molecular formula is C17H22N2O4S2. The van der Waals surface area contributed by atoms with Gasteiger partial charge in [0, 0.05) is 29.6 Å². The van der Waals surface area contributed by atoms with Crippen molar-refractivity contribution in [1.29, 1.82) is 0 Å². The third-order valence-electron chi connectivity index (χ3n) is 4.37. The molecule has 2 aliphatic rings. The SMILES string of the molecule is CC(=O)Nc1ccc(SCC(=O)N(C2CC2)[C@@H]2CCS(=O)(=O)C2)cc1. The van der Waals surface area contributed by atoms with Crippen LogP contribution >= 0.6 is 11.8 Å². The van der Waals surface area contributed by atoms with E-state index in [9.17, 15) is 18.0 Å². The number of nitrogens with zero attached hydrogens (tertiary/aromatic N) is 1. The fourth-order valence-corrected chi connectivity index (χ4v) is 5.59. The van der Waals surface area contributed by atoms with Crippen LogP contribution in [0.1, 0.15) is 26.2 Å². The summed E-state index contributed by atoms with van der Waals surface area (Å²) in [6, 6.07) is 7.39. The Bertz CT molecular complexity index is 757. The maximum Gasteiger partial charge on any atom is 0.233 e. The molecule has 1 aliphatic carbocycles. The van der Waals surface area contributed by atoms with Gasteiger partial charge in [0.2, 0.25) is 11.8 Å². The van der Waals surface area contributed by atoms with Crippen molar-refractivity contribution in [3.05, 3.63) is 24.3 Å². The zero-order valence-corrected chi connectivity index (χ0v) is 15.7. The molecule has 8 heteroatoms. The minimum absolute atomic E-state index is 0.0144. The monoisotopic (exact) mass is 382 g/mol. The number of hydrogen-bond acceptors (Lipinski definition) is 5. The summed E-state index contributed by atoms with van der Waals surface area (Å²) in [6.45, 7) is 1.46. The summed E-state index contributed by atoms with van der Waals surface area (Å²) in [5, 5.41) is 2.70. The van der Waals surface area contributed by atoms with E-state index < -0.39 is 9.84 Å². The van der Waals surface area contributed by atoms with Crippen LogP contribution in [0.2, 0.25) is 0 Å². The molecule has 2 amide bonds. The quantitative estimate of drug-likeness (QED) is 0.760. The van der Waals surface area contributed by atoms with Gasteiger partial charge in [0.05, 0.1) is 17.3 Å². The Hall–Kier alpha value is -1.54. The second-order valence-electron chi connectivity index (χ2n) is 6.58. The number of sulfone groups is 1. The Balaban J connectivity index is 1.58. The first kappa shape index (κ1) is 18.3. The average Bonchev–Trinajstić information content (AvgIpc) is 3.30. The maximum atomic E-state index is 12.7. The lowest BCUT2D eigenvalue weighted by Gasteiger charge is -2.28. The number of rotatable bonds is 6. The molecule has 1 N–H and O–H groups in total. The predicted molar refractivity (Wildman–Crippen MR) is 98.4 cm³/mol. The Morgan fingerprint density at radius 1 is 1.16 bits per heavy atom. The van der Waals surface area contributed by atoms with E-state index in [2.05, 4.69) is 5.32 Å². The van der Waals surface area contributed by atoms with Gasteiger partial charge in [-0.3, -0.25) is 9.59 Å². The van der Waals surface area contributed by atoms with Crippen LogP contribution in [-0.2, 0) is 19.4 Å². The van der Waals surface area contributed by atoms with Crippen LogP contribution in [0.5, 0.6) is 0 Å². The third kappa shape index (κ3) is 4.98. The lowest BCUT2D eigenvalue weighted by Crippen LogP contribution is -2.43. The van der Waals surface area contributed by atoms with Gasteiger partial charge in [0.1, 0.15) is 0 Å². The van der Waals surface area contributed by atoms with Crippen LogP contribution in [0.15, 0.2) is 29.2 Å². The molecule has 0 spiro atoms. The van der Waals surface area contributed by atoms with Crippen LogP contribution < -0.4 is 5.32 Å². The standard InChI is InChI=1S/C17H22N2O4S2/c1-12(20)18-13-2-6-16(7-3-13)24-10-17(21)19(14-4-5-14)15-8-9-25(22,23)11-15/h2-3,6-7,14-15H,4-5,8-11H2,1H3,(H,18,20)/t15-/m1/s1. The molecule has 6 nitrogen and oxygen atoms in total. The van der Waals surface area contributed by atoms with Crippen molar-refractivity contribution >= 4 is 39.1 Å². The highest BCUT2D eigenvalue weighted by atomic mass is 32.2. The number of hydrogen-bond donors (Lipinski definition) is 1. The molecule has 1 atom stereocenters. The minimum Gasteiger partial charge on any atom is -0.335 e. The molecular weight excluding hydrogens is 360 g/mol. The number of anilines is 1. The number of carbonyl (C=O) groups is 2. The lowest BCUT2D eigenvalue weighted by molar-refractivity contribution is -0.130. The van der Waals surface area contributed by atoms with Crippen molar-refractivity contribution in [3.63, 3.8) is 0 Å². The summed E-state index contributed by atoms with van der Waals surface area (Å²) in [7, 11) is -3.00. The molecule has 1 saturated heterocycles. The third-order valence-corrected chi connectivity index (χ3v) is 7.11. The molecule has 0 unspecified atom stereocenters. The Morgan fingerprint density at radius 3 is 2.36 bits per heavy atom. The summed E-state index contributed by atoms with van der Waals surface area (Å²) in [4.78, 5) is 26.4. The van der Waals surface area contributed by atoms with Crippen molar-refractivity contribution in [3.8, 4) is 0 Å². The first-order chi connectivity index (χ1) is 11.8. The summed E-state index contributed by atoms with van der Waals surface area (Å²) >= 11 is 1.43. The molecule has 1 aromatic rings. The van der Waals surface area contributed by atoms with Crippen molar-refractivity contribution in [2.24, 2.45) is 0 Å². The molecule has 1 aromatic carbocycles. The molecule has 2 fully saturated rings. The highest BCUT2D eigenvalue weighted by Gasteiger charge is 2.41. The van der Waals surface area contributed by atoms with Crippen LogP contribution in [-0.4, -0.2) is 54.5 Å². The van der Waals surface area contributed by atoms with Crippen molar-refractivity contribution < 1.29 is 18.0 Å². The van der Waals surface area contributed by atoms with Gasteiger partial charge in [-0.1, -0.05) is 0 Å². The van der Waals surface area contributed by atoms with Crippen molar-refractivity contribution in [1.82, 2.24) is 4.90 Å². The van der Waals surface area contributed by atoms with Gasteiger partial charge >= 0.3 is 0 Å². The molecule has 1 saturated carbocycles. The smallest absolute Gasteiger partial charge is 0.233 e. The van der Waals surface area contributed by atoms with E-state index in [0.29, 0.717) is 12.2 Å². The minimum atomic E-state index is -3.00. The molecule has 136 valence electrons. The van der Waals surface area contributed by atoms with E-state index in [1.807, 2.05) is 17.0 Å². The summed E-state index contributed by atoms with van der Waals surface area (Å²) in [5.41, 5.74) is 0.721. The first-order valence-electron chi connectivity index (χ1n) is 8.36. The number of benzene rings is 1. The fourth-order valence-electron chi connectivity index (χ4n) is 3.11. The van der Waals surface area contributed by atoms with Gasteiger partial charge in [0.25, 0.3) is 0 Å².